The first-order chi connectivity index (χ1) is 6.19. The van der Waals surface area contributed by atoms with Gasteiger partial charge in [-0.05, 0) is 6.26 Å². The molecule has 0 fully saturated rings. The second kappa shape index (κ2) is 4.04. The molecule has 0 unspecified atom stereocenters. The lowest BCUT2D eigenvalue weighted by Gasteiger charge is -2.00. The number of halogens is 1. The number of carbonyl (C=O) groups excluding carboxylic acids is 1. The summed E-state index contributed by atoms with van der Waals surface area (Å²) < 4.78 is 11.5. The minimum Gasteiger partial charge on any atom is -0.383 e. The van der Waals surface area contributed by atoms with Crippen LogP contribution in [0.1, 0.15) is 10.4 Å². The molecule has 1 heterocycles. The molecular weight excluding hydrogens is 197 g/mol. The maximum Gasteiger partial charge on any atom is 0.384 e. The number of hydrogen-bond donors (Lipinski definition) is 1. The van der Waals surface area contributed by atoms with Crippen molar-refractivity contribution in [3.63, 3.8) is 0 Å². The van der Waals surface area contributed by atoms with Crippen molar-refractivity contribution in [1.82, 2.24) is 9.97 Å². The Morgan fingerprint density at radius 3 is 2.92 bits per heavy atom. The zero-order valence-corrected chi connectivity index (χ0v) is 7.47. The molecule has 0 aliphatic heterocycles. The average molecular weight is 203 g/mol. The van der Waals surface area contributed by atoms with Crippen LogP contribution in [0.3, 0.4) is 0 Å². The second-order valence-electron chi connectivity index (χ2n) is 2.02. The number of nitrogen functional groups attached to an aromatic ring is 1. The van der Waals surface area contributed by atoms with Crippen LogP contribution in [-0.2, 0) is 4.94 Å². The van der Waals surface area contributed by atoms with Gasteiger partial charge in [0, 0.05) is 10.7 Å². The Labute approximate surface area is 77.4 Å². The maximum absolute atomic E-state index is 11.5. The molecule has 1 aromatic heterocycles. The third kappa shape index (κ3) is 2.05. The summed E-state index contributed by atoms with van der Waals surface area (Å²) >= 11 is 1.26. The summed E-state index contributed by atoms with van der Waals surface area (Å²) in [6.07, 6.45) is 2.87. The molecule has 5 nitrogen and oxygen atoms in total. The normalized spacial score (nSPS) is 9.69. The van der Waals surface area contributed by atoms with Crippen molar-refractivity contribution in [2.45, 2.75) is 5.16 Å². The van der Waals surface area contributed by atoms with Crippen LogP contribution in [0.2, 0.25) is 0 Å². The summed E-state index contributed by atoms with van der Waals surface area (Å²) in [6.45, 7) is 0. The maximum atomic E-state index is 11.5. The Morgan fingerprint density at radius 1 is 1.77 bits per heavy atom. The van der Waals surface area contributed by atoms with E-state index >= 15 is 0 Å². The SMILES string of the molecule is CSc1ncc(C(=O)OF)c(N)n1. The summed E-state index contributed by atoms with van der Waals surface area (Å²) in [5, 5.41) is 0.410. The fraction of sp³-hybridized carbons (Fsp3) is 0.167. The van der Waals surface area contributed by atoms with Crippen LogP contribution in [0.15, 0.2) is 11.4 Å². The minimum absolute atomic E-state index is 0.0954. The van der Waals surface area contributed by atoms with Crippen molar-refractivity contribution in [3.05, 3.63) is 11.8 Å². The quantitative estimate of drug-likeness (QED) is 0.566. The number of nitrogens with two attached hydrogens (primary N) is 1. The zero-order chi connectivity index (χ0) is 9.84. The van der Waals surface area contributed by atoms with Crippen LogP contribution in [0.5, 0.6) is 0 Å². The predicted octanol–water partition coefficient (Wildman–Crippen LogP) is 0.822. The van der Waals surface area contributed by atoms with Crippen molar-refractivity contribution < 1.29 is 14.3 Å². The van der Waals surface area contributed by atoms with Crippen LogP contribution in [0, 0.1) is 0 Å². The molecule has 7 heteroatoms. The van der Waals surface area contributed by atoms with E-state index in [2.05, 4.69) is 14.9 Å². The highest BCUT2D eigenvalue weighted by Gasteiger charge is 2.14. The molecule has 0 aliphatic carbocycles. The highest BCUT2D eigenvalue weighted by atomic mass is 32.2. The van der Waals surface area contributed by atoms with Crippen LogP contribution >= 0.6 is 11.8 Å². The molecule has 13 heavy (non-hydrogen) atoms. The first-order valence-electron chi connectivity index (χ1n) is 3.18. The van der Waals surface area contributed by atoms with Crippen LogP contribution in [0.25, 0.3) is 0 Å². The number of anilines is 1. The van der Waals surface area contributed by atoms with E-state index < -0.39 is 5.97 Å². The number of thioether (sulfide) groups is 1. The van der Waals surface area contributed by atoms with Gasteiger partial charge in [-0.2, -0.15) is 0 Å². The van der Waals surface area contributed by atoms with Crippen LogP contribution in [0.4, 0.5) is 10.3 Å². The topological polar surface area (TPSA) is 78.1 Å². The molecule has 0 saturated carbocycles. The summed E-state index contributed by atoms with van der Waals surface area (Å²) in [4.78, 5) is 21.1. The molecular formula is C6H6FN3O2S. The Kier molecular flexibility index (Phi) is 3.02. The van der Waals surface area contributed by atoms with E-state index in [0.717, 1.165) is 6.20 Å². The number of nitrogens with zero attached hydrogens (tertiary/aromatic N) is 2. The molecule has 0 aliphatic rings. The zero-order valence-electron chi connectivity index (χ0n) is 6.65. The predicted molar refractivity (Wildman–Crippen MR) is 44.7 cm³/mol. The summed E-state index contributed by atoms with van der Waals surface area (Å²) in [5.74, 6) is -1.29. The first kappa shape index (κ1) is 9.72. The van der Waals surface area contributed by atoms with Gasteiger partial charge in [0.05, 0.1) is 0 Å². The van der Waals surface area contributed by atoms with Gasteiger partial charge in [-0.25, -0.2) is 19.7 Å². The monoisotopic (exact) mass is 203 g/mol. The Hall–Kier alpha value is -1.37. The van der Waals surface area contributed by atoms with Crippen LogP contribution in [-0.4, -0.2) is 22.2 Å². The number of rotatable bonds is 2. The minimum atomic E-state index is -1.19. The van der Waals surface area contributed by atoms with Crippen molar-refractivity contribution in [2.24, 2.45) is 0 Å². The fourth-order valence-electron chi connectivity index (χ4n) is 0.675. The van der Waals surface area contributed by atoms with E-state index in [1.54, 1.807) is 6.26 Å². The smallest absolute Gasteiger partial charge is 0.383 e. The van der Waals surface area contributed by atoms with E-state index in [1.165, 1.54) is 11.8 Å². The van der Waals surface area contributed by atoms with E-state index in [0.29, 0.717) is 5.16 Å². The summed E-state index contributed by atoms with van der Waals surface area (Å²) in [6, 6.07) is 0. The van der Waals surface area contributed by atoms with Crippen molar-refractivity contribution in [3.8, 4) is 0 Å². The molecule has 0 amide bonds. The summed E-state index contributed by atoms with van der Waals surface area (Å²) in [7, 11) is 0. The Balaban J connectivity index is 3.05. The van der Waals surface area contributed by atoms with E-state index in [4.69, 9.17) is 5.73 Å². The van der Waals surface area contributed by atoms with Crippen molar-refractivity contribution >= 4 is 23.5 Å². The molecule has 1 rings (SSSR count). The molecule has 0 atom stereocenters. The lowest BCUT2D eigenvalue weighted by molar-refractivity contribution is -0.0787. The van der Waals surface area contributed by atoms with Crippen molar-refractivity contribution in [1.29, 1.82) is 0 Å². The summed E-state index contributed by atoms with van der Waals surface area (Å²) in [5.41, 5.74) is 5.16. The van der Waals surface area contributed by atoms with Gasteiger partial charge < -0.3 is 5.73 Å². The highest BCUT2D eigenvalue weighted by molar-refractivity contribution is 7.98. The third-order valence-corrected chi connectivity index (χ3v) is 1.83. The number of aromatic nitrogens is 2. The first-order valence-corrected chi connectivity index (χ1v) is 4.41. The van der Waals surface area contributed by atoms with Gasteiger partial charge in [0.15, 0.2) is 5.16 Å². The number of carbonyl (C=O) groups is 1. The fourth-order valence-corrected chi connectivity index (χ4v) is 1.02. The van der Waals surface area contributed by atoms with E-state index in [-0.39, 0.29) is 11.4 Å². The van der Waals surface area contributed by atoms with E-state index in [9.17, 15) is 9.32 Å². The van der Waals surface area contributed by atoms with Gasteiger partial charge in [-0.1, -0.05) is 11.8 Å². The Bertz CT molecular complexity index is 334. The molecule has 0 bridgehead atoms. The van der Waals surface area contributed by atoms with Crippen molar-refractivity contribution in [2.75, 3.05) is 12.0 Å². The van der Waals surface area contributed by atoms with Crippen LogP contribution < -0.4 is 5.73 Å². The van der Waals surface area contributed by atoms with Gasteiger partial charge in [-0.15, -0.1) is 0 Å². The molecule has 0 spiro atoms. The standard InChI is InChI=1S/C6H6FN3O2S/c1-13-6-9-2-3(4(8)10-6)5(11)12-7/h2H,1H3,(H2,8,9,10). The lowest BCUT2D eigenvalue weighted by atomic mass is 10.3. The van der Waals surface area contributed by atoms with Gasteiger partial charge in [0.2, 0.25) is 0 Å². The van der Waals surface area contributed by atoms with Gasteiger partial charge in [-0.3, -0.25) is 0 Å². The van der Waals surface area contributed by atoms with E-state index in [1.807, 2.05) is 0 Å². The lowest BCUT2D eigenvalue weighted by Crippen LogP contribution is -2.07. The molecule has 0 saturated heterocycles. The largest absolute Gasteiger partial charge is 0.384 e. The highest BCUT2D eigenvalue weighted by Crippen LogP contribution is 2.14. The second-order valence-corrected chi connectivity index (χ2v) is 2.79. The van der Waals surface area contributed by atoms with Gasteiger partial charge in [0.25, 0.3) is 0 Å². The third-order valence-electron chi connectivity index (χ3n) is 1.27. The van der Waals surface area contributed by atoms with Gasteiger partial charge in [0.1, 0.15) is 11.4 Å². The van der Waals surface area contributed by atoms with Gasteiger partial charge >= 0.3 is 5.97 Å². The molecule has 2 N–H and O–H groups in total. The number of hydrogen-bond acceptors (Lipinski definition) is 6. The molecule has 70 valence electrons. The molecule has 0 aromatic carbocycles. The Morgan fingerprint density at radius 2 is 2.46 bits per heavy atom. The molecule has 1 aromatic rings. The molecule has 0 radical (unpaired) electrons. The average Bonchev–Trinajstić information content (AvgIpc) is 2.16.